The smallest absolute Gasteiger partial charge is 0.292 e. The number of nitrogens with zero attached hydrogens (tertiary/aromatic N) is 1. The number of hydrogen-bond acceptors (Lipinski definition) is 6. The Labute approximate surface area is 123 Å². The monoisotopic (exact) mass is 296 g/mol. The Morgan fingerprint density at radius 2 is 2.05 bits per heavy atom. The van der Waals surface area contributed by atoms with Gasteiger partial charge in [-0.15, -0.1) is 0 Å². The molecule has 0 aliphatic heterocycles. The molecule has 116 valence electrons. The molecule has 0 aromatic heterocycles. The van der Waals surface area contributed by atoms with Gasteiger partial charge in [-0.1, -0.05) is 12.1 Å². The first-order valence-corrected chi connectivity index (χ1v) is 6.58. The third-order valence-electron chi connectivity index (χ3n) is 2.63. The molecule has 0 fully saturated rings. The number of nitrogens with one attached hydrogen (secondary N) is 3. The first-order chi connectivity index (χ1) is 10.1. The third kappa shape index (κ3) is 6.68. The molecular weight excluding hydrogens is 276 g/mol. The summed E-state index contributed by atoms with van der Waals surface area (Å²) in [6.45, 7) is 2.17. The van der Waals surface area contributed by atoms with Crippen molar-refractivity contribution in [1.82, 2.24) is 10.6 Å². The number of carbonyl (C=O) groups is 1. The van der Waals surface area contributed by atoms with Crippen LogP contribution in [-0.2, 0) is 9.53 Å². The van der Waals surface area contributed by atoms with Gasteiger partial charge in [-0.05, 0) is 6.07 Å². The Balaban J connectivity index is 2.22. The van der Waals surface area contributed by atoms with Crippen molar-refractivity contribution in [3.63, 3.8) is 0 Å². The fraction of sp³-hybridized carbons (Fsp3) is 0.462. The van der Waals surface area contributed by atoms with Gasteiger partial charge in [0.1, 0.15) is 5.69 Å². The number of nitro groups is 1. The number of benzene rings is 1. The lowest BCUT2D eigenvalue weighted by molar-refractivity contribution is -0.384. The second-order valence-electron chi connectivity index (χ2n) is 4.22. The summed E-state index contributed by atoms with van der Waals surface area (Å²) in [6.07, 6.45) is 0. The molecule has 0 unspecified atom stereocenters. The van der Waals surface area contributed by atoms with Crippen molar-refractivity contribution in [2.75, 3.05) is 45.2 Å². The van der Waals surface area contributed by atoms with Crippen molar-refractivity contribution in [2.24, 2.45) is 0 Å². The summed E-state index contributed by atoms with van der Waals surface area (Å²) < 4.78 is 4.84. The maximum atomic E-state index is 11.4. The Hall–Kier alpha value is -2.19. The number of hydrogen-bond donors (Lipinski definition) is 3. The van der Waals surface area contributed by atoms with E-state index in [0.717, 1.165) is 0 Å². The lowest BCUT2D eigenvalue weighted by atomic mass is 10.2. The van der Waals surface area contributed by atoms with Crippen molar-refractivity contribution >= 4 is 17.3 Å². The van der Waals surface area contributed by atoms with Crippen LogP contribution in [-0.4, -0.2) is 50.7 Å². The fourth-order valence-corrected chi connectivity index (χ4v) is 1.62. The highest BCUT2D eigenvalue weighted by Gasteiger charge is 2.11. The van der Waals surface area contributed by atoms with E-state index in [4.69, 9.17) is 4.74 Å². The standard InChI is InChI=1S/C13H20N4O4/c1-21-9-8-14-10-13(18)16-7-6-15-11-4-2-3-5-12(11)17(19)20/h2-5,14-15H,6-10H2,1H3,(H,16,18). The summed E-state index contributed by atoms with van der Waals surface area (Å²) in [5.74, 6) is -0.129. The predicted molar refractivity (Wildman–Crippen MR) is 79.3 cm³/mol. The highest BCUT2D eigenvalue weighted by molar-refractivity contribution is 5.78. The van der Waals surface area contributed by atoms with Crippen LogP contribution in [0.1, 0.15) is 0 Å². The van der Waals surface area contributed by atoms with Gasteiger partial charge >= 0.3 is 0 Å². The summed E-state index contributed by atoms with van der Waals surface area (Å²) in [7, 11) is 1.59. The van der Waals surface area contributed by atoms with Crippen LogP contribution in [0.5, 0.6) is 0 Å². The quantitative estimate of drug-likeness (QED) is 0.327. The lowest BCUT2D eigenvalue weighted by Gasteiger charge is -2.09. The van der Waals surface area contributed by atoms with Gasteiger partial charge in [0.25, 0.3) is 5.69 Å². The third-order valence-corrected chi connectivity index (χ3v) is 2.63. The van der Waals surface area contributed by atoms with Crippen molar-refractivity contribution in [1.29, 1.82) is 0 Å². The molecular formula is C13H20N4O4. The number of amides is 1. The highest BCUT2D eigenvalue weighted by atomic mass is 16.6. The zero-order chi connectivity index (χ0) is 15.5. The van der Waals surface area contributed by atoms with Gasteiger partial charge in [0, 0.05) is 32.8 Å². The van der Waals surface area contributed by atoms with E-state index in [-0.39, 0.29) is 18.1 Å². The number of nitro benzene ring substituents is 1. The van der Waals surface area contributed by atoms with Gasteiger partial charge in [0.15, 0.2) is 0 Å². The van der Waals surface area contributed by atoms with E-state index in [1.165, 1.54) is 6.07 Å². The van der Waals surface area contributed by atoms with E-state index >= 15 is 0 Å². The number of anilines is 1. The minimum Gasteiger partial charge on any atom is -0.383 e. The van der Waals surface area contributed by atoms with Crippen LogP contribution in [0.2, 0.25) is 0 Å². The van der Waals surface area contributed by atoms with Gasteiger partial charge in [-0.3, -0.25) is 14.9 Å². The number of carbonyl (C=O) groups excluding carboxylic acids is 1. The summed E-state index contributed by atoms with van der Waals surface area (Å²) in [4.78, 5) is 21.8. The van der Waals surface area contributed by atoms with Gasteiger partial charge in [0.2, 0.25) is 5.91 Å². The summed E-state index contributed by atoms with van der Waals surface area (Å²) >= 11 is 0. The molecule has 0 radical (unpaired) electrons. The molecule has 8 heteroatoms. The van der Waals surface area contributed by atoms with Crippen LogP contribution in [0.3, 0.4) is 0 Å². The molecule has 0 atom stereocenters. The number of methoxy groups -OCH3 is 1. The number of ether oxygens (including phenoxy) is 1. The highest BCUT2D eigenvalue weighted by Crippen LogP contribution is 2.22. The van der Waals surface area contributed by atoms with Gasteiger partial charge in [0.05, 0.1) is 18.1 Å². The normalized spacial score (nSPS) is 10.1. The van der Waals surface area contributed by atoms with Gasteiger partial charge in [-0.25, -0.2) is 0 Å². The Morgan fingerprint density at radius 3 is 2.76 bits per heavy atom. The topological polar surface area (TPSA) is 106 Å². The molecule has 1 aromatic carbocycles. The van der Waals surface area contributed by atoms with E-state index in [9.17, 15) is 14.9 Å². The molecule has 0 heterocycles. The van der Waals surface area contributed by atoms with Crippen LogP contribution in [0.25, 0.3) is 0 Å². The van der Waals surface area contributed by atoms with Crippen LogP contribution in [0.15, 0.2) is 24.3 Å². The molecule has 1 rings (SSSR count). The van der Waals surface area contributed by atoms with Gasteiger partial charge < -0.3 is 20.7 Å². The number of rotatable bonds is 10. The van der Waals surface area contributed by atoms with Crippen molar-refractivity contribution in [3.8, 4) is 0 Å². The Bertz CT molecular complexity index is 467. The summed E-state index contributed by atoms with van der Waals surface area (Å²) in [5.41, 5.74) is 0.458. The zero-order valence-corrected chi connectivity index (χ0v) is 11.9. The molecule has 0 aliphatic rings. The van der Waals surface area contributed by atoms with Crippen molar-refractivity contribution < 1.29 is 14.5 Å². The van der Waals surface area contributed by atoms with Crippen molar-refractivity contribution in [3.05, 3.63) is 34.4 Å². The summed E-state index contributed by atoms with van der Waals surface area (Å²) in [6, 6.07) is 6.39. The SMILES string of the molecule is COCCNCC(=O)NCCNc1ccccc1[N+](=O)[O-]. The average Bonchev–Trinajstić information content (AvgIpc) is 2.48. The minimum atomic E-state index is -0.444. The van der Waals surface area contributed by atoms with Crippen LogP contribution >= 0.6 is 0 Å². The summed E-state index contributed by atoms with van der Waals surface area (Å²) in [5, 5.41) is 19.4. The Morgan fingerprint density at radius 1 is 1.29 bits per heavy atom. The van der Waals surface area contributed by atoms with E-state index in [2.05, 4.69) is 16.0 Å². The second-order valence-corrected chi connectivity index (χ2v) is 4.22. The Kier molecular flexibility index (Phi) is 7.77. The van der Waals surface area contributed by atoms with Crippen molar-refractivity contribution in [2.45, 2.75) is 0 Å². The van der Waals surface area contributed by atoms with E-state index in [1.807, 2.05) is 0 Å². The molecule has 0 spiro atoms. The second kappa shape index (κ2) is 9.67. The number of para-hydroxylation sites is 2. The maximum absolute atomic E-state index is 11.4. The average molecular weight is 296 g/mol. The molecule has 8 nitrogen and oxygen atoms in total. The van der Waals surface area contributed by atoms with E-state index < -0.39 is 4.92 Å². The van der Waals surface area contributed by atoms with Gasteiger partial charge in [-0.2, -0.15) is 0 Å². The molecule has 0 bridgehead atoms. The van der Waals surface area contributed by atoms with Crippen LogP contribution in [0, 0.1) is 10.1 Å². The van der Waals surface area contributed by atoms with E-state index in [0.29, 0.717) is 31.9 Å². The van der Waals surface area contributed by atoms with Crippen LogP contribution in [0.4, 0.5) is 11.4 Å². The molecule has 1 aromatic rings. The first kappa shape index (κ1) is 16.9. The van der Waals surface area contributed by atoms with Crippen LogP contribution < -0.4 is 16.0 Å². The first-order valence-electron chi connectivity index (χ1n) is 6.58. The van der Waals surface area contributed by atoms with E-state index in [1.54, 1.807) is 25.3 Å². The molecule has 0 saturated carbocycles. The molecule has 21 heavy (non-hydrogen) atoms. The molecule has 0 aliphatic carbocycles. The zero-order valence-electron chi connectivity index (χ0n) is 11.9. The predicted octanol–water partition coefficient (Wildman–Crippen LogP) is 0.359. The molecule has 1 amide bonds. The molecule has 0 saturated heterocycles. The lowest BCUT2D eigenvalue weighted by Crippen LogP contribution is -2.37. The largest absolute Gasteiger partial charge is 0.383 e. The maximum Gasteiger partial charge on any atom is 0.292 e. The minimum absolute atomic E-state index is 0.0186. The fourth-order valence-electron chi connectivity index (χ4n) is 1.62. The molecule has 3 N–H and O–H groups in total.